The molecule has 0 radical (unpaired) electrons. The van der Waals surface area contributed by atoms with Crippen LogP contribution in [0.2, 0.25) is 0 Å². The predicted octanol–water partition coefficient (Wildman–Crippen LogP) is -0.247. The molecule has 148 valence electrons. The summed E-state index contributed by atoms with van der Waals surface area (Å²) in [5, 5.41) is 7.81. The molecule has 1 N–H and O–H groups in total. The van der Waals surface area contributed by atoms with Crippen LogP contribution in [-0.4, -0.2) is 65.6 Å². The molecule has 0 bridgehead atoms. The number of carbonyl (C=O) groups is 4. The third-order valence-electron chi connectivity index (χ3n) is 3.59. The molecule has 0 aliphatic carbocycles. The van der Waals surface area contributed by atoms with Crippen molar-refractivity contribution >= 4 is 33.7 Å². The third kappa shape index (κ3) is 4.18. The Bertz CT molecular complexity index is 889. The van der Waals surface area contributed by atoms with Gasteiger partial charge in [0.05, 0.1) is 11.3 Å². The quantitative estimate of drug-likeness (QED) is 0.383. The lowest BCUT2D eigenvalue weighted by atomic mass is 10.0. The van der Waals surface area contributed by atoms with Gasteiger partial charge in [0.2, 0.25) is 0 Å². The standard InChI is InChI=1S/C16H19NO9S/c1-8(18)25-6-9-7-27(23,24)14-10(5-11(19)26-16(2,3)4)13(20)17(14)12(9)15(21)22/h5,14H,6-7H2,1-4H3,(H,21,22)/b10-5-/t14-/m1/s1. The van der Waals surface area contributed by atoms with E-state index in [1.807, 2.05) is 0 Å². The minimum absolute atomic E-state index is 0.224. The van der Waals surface area contributed by atoms with Gasteiger partial charge in [0, 0.05) is 18.6 Å². The van der Waals surface area contributed by atoms with Gasteiger partial charge in [-0.2, -0.15) is 0 Å². The highest BCUT2D eigenvalue weighted by atomic mass is 32.2. The number of carboxylic acids is 1. The summed E-state index contributed by atoms with van der Waals surface area (Å²) in [7, 11) is -4.04. The molecule has 0 unspecified atom stereocenters. The van der Waals surface area contributed by atoms with Gasteiger partial charge in [0.25, 0.3) is 5.91 Å². The first-order valence-electron chi connectivity index (χ1n) is 7.83. The Morgan fingerprint density at radius 1 is 1.30 bits per heavy atom. The number of carboxylic acid groups (broad SMARTS) is 1. The zero-order valence-corrected chi connectivity index (χ0v) is 16.0. The number of ether oxygens (including phenoxy) is 2. The summed E-state index contributed by atoms with van der Waals surface area (Å²) < 4.78 is 34.8. The molecule has 11 heteroatoms. The first kappa shape index (κ1) is 20.6. The minimum atomic E-state index is -4.04. The van der Waals surface area contributed by atoms with Crippen molar-refractivity contribution in [2.45, 2.75) is 38.7 Å². The fourth-order valence-corrected chi connectivity index (χ4v) is 4.64. The molecular weight excluding hydrogens is 382 g/mol. The molecule has 0 aromatic rings. The van der Waals surface area contributed by atoms with Crippen LogP contribution in [0.4, 0.5) is 0 Å². The Labute approximate surface area is 155 Å². The average Bonchev–Trinajstić information content (AvgIpc) is 2.47. The Morgan fingerprint density at radius 2 is 1.89 bits per heavy atom. The van der Waals surface area contributed by atoms with Crippen LogP contribution >= 0.6 is 0 Å². The molecule has 2 aliphatic rings. The van der Waals surface area contributed by atoms with Crippen LogP contribution in [0.1, 0.15) is 27.7 Å². The van der Waals surface area contributed by atoms with Crippen molar-refractivity contribution < 1.29 is 42.2 Å². The van der Waals surface area contributed by atoms with Gasteiger partial charge < -0.3 is 14.6 Å². The van der Waals surface area contributed by atoms with E-state index in [-0.39, 0.29) is 11.1 Å². The molecular formula is C16H19NO9S. The van der Waals surface area contributed by atoms with Crippen LogP contribution in [-0.2, 0) is 38.5 Å². The molecule has 0 saturated carbocycles. The summed E-state index contributed by atoms with van der Waals surface area (Å²) in [6, 6.07) is 0. The molecule has 0 aromatic heterocycles. The number of hydrogen-bond acceptors (Lipinski definition) is 8. The summed E-state index contributed by atoms with van der Waals surface area (Å²) in [5.74, 6) is -4.84. The lowest BCUT2D eigenvalue weighted by Crippen LogP contribution is -2.62. The zero-order valence-electron chi connectivity index (χ0n) is 15.1. The van der Waals surface area contributed by atoms with Crippen molar-refractivity contribution in [3.8, 4) is 0 Å². The number of esters is 2. The number of sulfone groups is 1. The SMILES string of the molecule is CC(=O)OCC1=C(C(=O)O)N2C(=O)/C(=C/C(=O)OC(C)(C)C)[C@H]2S(=O)(=O)C1. The van der Waals surface area contributed by atoms with Crippen molar-refractivity contribution in [2.75, 3.05) is 12.4 Å². The van der Waals surface area contributed by atoms with Gasteiger partial charge in [-0.25, -0.2) is 18.0 Å². The van der Waals surface area contributed by atoms with Gasteiger partial charge in [0.1, 0.15) is 17.9 Å². The Kier molecular flexibility index (Phi) is 5.19. The van der Waals surface area contributed by atoms with E-state index in [1.54, 1.807) is 20.8 Å². The predicted molar refractivity (Wildman–Crippen MR) is 89.6 cm³/mol. The average molecular weight is 401 g/mol. The van der Waals surface area contributed by atoms with Crippen molar-refractivity contribution in [1.29, 1.82) is 0 Å². The lowest BCUT2D eigenvalue weighted by molar-refractivity contribution is -0.149. The summed E-state index contributed by atoms with van der Waals surface area (Å²) in [6.45, 7) is 5.31. The van der Waals surface area contributed by atoms with E-state index in [0.29, 0.717) is 4.90 Å². The molecule has 1 amide bonds. The molecule has 1 saturated heterocycles. The van der Waals surface area contributed by atoms with Crippen LogP contribution in [0.5, 0.6) is 0 Å². The van der Waals surface area contributed by atoms with Gasteiger partial charge in [-0.05, 0) is 20.8 Å². The van der Waals surface area contributed by atoms with Gasteiger partial charge in [-0.15, -0.1) is 0 Å². The fourth-order valence-electron chi connectivity index (χ4n) is 2.70. The van der Waals surface area contributed by atoms with Crippen molar-refractivity contribution in [3.63, 3.8) is 0 Å². The Balaban J connectivity index is 2.43. The second kappa shape index (κ2) is 6.80. The van der Waals surface area contributed by atoms with E-state index >= 15 is 0 Å². The highest BCUT2D eigenvalue weighted by molar-refractivity contribution is 7.92. The first-order valence-corrected chi connectivity index (χ1v) is 9.54. The number of rotatable bonds is 4. The molecule has 27 heavy (non-hydrogen) atoms. The van der Waals surface area contributed by atoms with E-state index < -0.39 is 62.7 Å². The molecule has 2 heterocycles. The van der Waals surface area contributed by atoms with E-state index in [9.17, 15) is 32.7 Å². The molecule has 10 nitrogen and oxygen atoms in total. The summed E-state index contributed by atoms with van der Waals surface area (Å²) >= 11 is 0. The maximum atomic E-state index is 12.5. The topological polar surface area (TPSA) is 144 Å². The number of aliphatic carboxylic acids is 1. The summed E-state index contributed by atoms with van der Waals surface area (Å²) in [5.41, 5.74) is -2.01. The smallest absolute Gasteiger partial charge is 0.352 e. The van der Waals surface area contributed by atoms with Crippen molar-refractivity contribution in [2.24, 2.45) is 0 Å². The van der Waals surface area contributed by atoms with Gasteiger partial charge in [-0.3, -0.25) is 14.5 Å². The number of β-lactam (4-membered cyclic amide) rings is 1. The normalized spacial score (nSPS) is 22.8. The number of carbonyl (C=O) groups excluding carboxylic acids is 3. The largest absolute Gasteiger partial charge is 0.477 e. The van der Waals surface area contributed by atoms with Gasteiger partial charge in [-0.1, -0.05) is 0 Å². The van der Waals surface area contributed by atoms with Crippen LogP contribution in [0.15, 0.2) is 22.9 Å². The van der Waals surface area contributed by atoms with E-state index in [1.165, 1.54) is 0 Å². The molecule has 1 fully saturated rings. The third-order valence-corrected chi connectivity index (χ3v) is 5.49. The highest BCUT2D eigenvalue weighted by Crippen LogP contribution is 2.40. The van der Waals surface area contributed by atoms with Crippen molar-refractivity contribution in [1.82, 2.24) is 4.90 Å². The van der Waals surface area contributed by atoms with E-state index in [4.69, 9.17) is 9.47 Å². The van der Waals surface area contributed by atoms with Crippen LogP contribution < -0.4 is 0 Å². The second-order valence-electron chi connectivity index (χ2n) is 7.01. The lowest BCUT2D eigenvalue weighted by Gasteiger charge is -2.45. The second-order valence-corrected chi connectivity index (χ2v) is 9.07. The minimum Gasteiger partial charge on any atom is -0.477 e. The van der Waals surface area contributed by atoms with E-state index in [2.05, 4.69) is 0 Å². The number of hydrogen-bond donors (Lipinski definition) is 1. The first-order chi connectivity index (χ1) is 12.2. The van der Waals surface area contributed by atoms with Crippen LogP contribution in [0.3, 0.4) is 0 Å². The highest BCUT2D eigenvalue weighted by Gasteiger charge is 2.57. The summed E-state index contributed by atoms with van der Waals surface area (Å²) in [4.78, 5) is 47.4. The molecule has 2 aliphatic heterocycles. The number of nitrogens with zero attached hydrogens (tertiary/aromatic N) is 1. The maximum absolute atomic E-state index is 12.5. The van der Waals surface area contributed by atoms with Gasteiger partial charge >= 0.3 is 17.9 Å². The molecule has 2 rings (SSSR count). The van der Waals surface area contributed by atoms with Crippen LogP contribution in [0.25, 0.3) is 0 Å². The Hall–Kier alpha value is -2.69. The van der Waals surface area contributed by atoms with Crippen LogP contribution in [0, 0.1) is 0 Å². The summed E-state index contributed by atoms with van der Waals surface area (Å²) in [6.07, 6.45) is 0.767. The number of amides is 1. The zero-order chi connectivity index (χ0) is 20.7. The molecule has 1 atom stereocenters. The maximum Gasteiger partial charge on any atom is 0.352 e. The molecule has 0 spiro atoms. The van der Waals surface area contributed by atoms with E-state index in [0.717, 1.165) is 13.0 Å². The monoisotopic (exact) mass is 401 g/mol. The van der Waals surface area contributed by atoms with Gasteiger partial charge in [0.15, 0.2) is 15.2 Å². The number of fused-ring (bicyclic) bond motifs is 1. The fraction of sp³-hybridized carbons (Fsp3) is 0.500. The van der Waals surface area contributed by atoms with Crippen molar-refractivity contribution in [3.05, 3.63) is 22.9 Å². The molecule has 0 aromatic carbocycles. The Morgan fingerprint density at radius 3 is 2.37 bits per heavy atom.